The lowest BCUT2D eigenvalue weighted by Gasteiger charge is -2.29. The molecule has 3 aromatic rings. The summed E-state index contributed by atoms with van der Waals surface area (Å²) in [6, 6.07) is 7.45. The molecule has 0 spiro atoms. The smallest absolute Gasteiger partial charge is 0.319 e. The highest BCUT2D eigenvalue weighted by Gasteiger charge is 2.19. The molecule has 10 nitrogen and oxygen atoms in total. The van der Waals surface area contributed by atoms with Gasteiger partial charge in [0.1, 0.15) is 23.9 Å². The van der Waals surface area contributed by atoms with Gasteiger partial charge in [0.25, 0.3) is 0 Å². The molecule has 2 aromatic heterocycles. The highest BCUT2D eigenvalue weighted by Crippen LogP contribution is 2.39. The second kappa shape index (κ2) is 7.14. The fourth-order valence-corrected chi connectivity index (χ4v) is 3.10. The Balaban J connectivity index is 1.74. The van der Waals surface area contributed by atoms with Gasteiger partial charge in [-0.15, -0.1) is 0 Å². The highest BCUT2D eigenvalue weighted by atomic mass is 16.5. The zero-order chi connectivity index (χ0) is 19.7. The molecule has 28 heavy (non-hydrogen) atoms. The van der Waals surface area contributed by atoms with Crippen LogP contribution in [0.15, 0.2) is 30.5 Å². The van der Waals surface area contributed by atoms with Crippen LogP contribution in [0.2, 0.25) is 0 Å². The molecule has 0 bridgehead atoms. The normalized spacial score (nSPS) is 12.9. The number of likely N-dealkylation sites (N-methyl/N-ethyl adjacent to an activating group) is 1. The van der Waals surface area contributed by atoms with Gasteiger partial charge in [-0.3, -0.25) is 0 Å². The molecule has 0 saturated heterocycles. The summed E-state index contributed by atoms with van der Waals surface area (Å²) in [6.45, 7) is 1.47. The molecule has 0 unspecified atom stereocenters. The van der Waals surface area contributed by atoms with Gasteiger partial charge >= 0.3 is 6.03 Å². The Morgan fingerprint density at radius 2 is 2.11 bits per heavy atom. The standard InChI is InChI=1S/C18H22N8O2/c1-19-15-9-14(24-17-12(10-21-26(15)17)23-18(27)20-2)22-11-5-4-6-13-16(11)28-8-7-25(13)3/h4-6,9-10,19H,7-8H2,1-3H3,(H,22,24)(H2,20,23,27). The molecule has 0 radical (unpaired) electrons. The van der Waals surface area contributed by atoms with Crippen LogP contribution in [0.4, 0.5) is 33.5 Å². The Kier molecular flexibility index (Phi) is 4.52. The monoisotopic (exact) mass is 382 g/mol. The molecular formula is C18H22N8O2. The van der Waals surface area contributed by atoms with Gasteiger partial charge in [0.05, 0.1) is 24.1 Å². The number of nitrogens with zero attached hydrogens (tertiary/aromatic N) is 4. The topological polar surface area (TPSA) is 108 Å². The molecule has 3 heterocycles. The van der Waals surface area contributed by atoms with Crippen LogP contribution in [-0.4, -0.2) is 54.9 Å². The van der Waals surface area contributed by atoms with E-state index in [-0.39, 0.29) is 6.03 Å². The molecule has 1 aliphatic heterocycles. The predicted octanol–water partition coefficient (Wildman–Crippen LogP) is 2.09. The number of carbonyl (C=O) groups is 1. The third kappa shape index (κ3) is 3.08. The van der Waals surface area contributed by atoms with Gasteiger partial charge in [-0.2, -0.15) is 9.61 Å². The van der Waals surface area contributed by atoms with E-state index in [1.165, 1.54) is 0 Å². The molecule has 0 atom stereocenters. The Hall–Kier alpha value is -3.69. The van der Waals surface area contributed by atoms with E-state index in [2.05, 4.69) is 36.2 Å². The fraction of sp³-hybridized carbons (Fsp3) is 0.278. The highest BCUT2D eigenvalue weighted by molar-refractivity contribution is 5.93. The van der Waals surface area contributed by atoms with Crippen molar-refractivity contribution >= 4 is 40.4 Å². The Morgan fingerprint density at radius 3 is 2.89 bits per heavy atom. The van der Waals surface area contributed by atoms with Gasteiger partial charge < -0.3 is 30.9 Å². The number of anilines is 5. The number of urea groups is 1. The number of ether oxygens (including phenoxy) is 1. The lowest BCUT2D eigenvalue weighted by Crippen LogP contribution is -2.29. The van der Waals surface area contributed by atoms with Crippen LogP contribution in [0, 0.1) is 0 Å². The Labute approximate surface area is 161 Å². The summed E-state index contributed by atoms with van der Waals surface area (Å²) in [7, 11) is 5.39. The van der Waals surface area contributed by atoms with Crippen molar-refractivity contribution < 1.29 is 9.53 Å². The minimum Gasteiger partial charge on any atom is -0.487 e. The van der Waals surface area contributed by atoms with Crippen molar-refractivity contribution in [3.05, 3.63) is 30.5 Å². The first-order valence-corrected chi connectivity index (χ1v) is 8.90. The van der Waals surface area contributed by atoms with E-state index >= 15 is 0 Å². The molecule has 10 heteroatoms. The number of fused-ring (bicyclic) bond motifs is 2. The summed E-state index contributed by atoms with van der Waals surface area (Å²) >= 11 is 0. The lowest BCUT2D eigenvalue weighted by molar-refractivity contribution is 0.254. The van der Waals surface area contributed by atoms with Crippen LogP contribution in [0.5, 0.6) is 5.75 Å². The molecule has 1 aliphatic rings. The van der Waals surface area contributed by atoms with E-state index in [1.54, 1.807) is 24.8 Å². The summed E-state index contributed by atoms with van der Waals surface area (Å²) in [6.07, 6.45) is 1.56. The van der Waals surface area contributed by atoms with Crippen molar-refractivity contribution in [2.45, 2.75) is 0 Å². The number of hydrogen-bond donors (Lipinski definition) is 4. The number of carbonyl (C=O) groups excluding carboxylic acids is 1. The maximum Gasteiger partial charge on any atom is 0.319 e. The first-order valence-electron chi connectivity index (χ1n) is 8.90. The quantitative estimate of drug-likeness (QED) is 0.547. The van der Waals surface area contributed by atoms with Gasteiger partial charge in [-0.1, -0.05) is 6.07 Å². The van der Waals surface area contributed by atoms with Crippen LogP contribution < -0.4 is 30.9 Å². The van der Waals surface area contributed by atoms with Gasteiger partial charge in [0.15, 0.2) is 11.4 Å². The third-order valence-electron chi connectivity index (χ3n) is 4.54. The fourth-order valence-electron chi connectivity index (χ4n) is 3.10. The Bertz CT molecular complexity index is 1030. The van der Waals surface area contributed by atoms with E-state index in [0.29, 0.717) is 23.8 Å². The summed E-state index contributed by atoms with van der Waals surface area (Å²) in [5.41, 5.74) is 2.87. The predicted molar refractivity (Wildman–Crippen MR) is 109 cm³/mol. The zero-order valence-corrected chi connectivity index (χ0v) is 15.9. The maximum absolute atomic E-state index is 11.7. The number of amides is 2. The first kappa shape index (κ1) is 17.7. The zero-order valence-electron chi connectivity index (χ0n) is 15.9. The summed E-state index contributed by atoms with van der Waals surface area (Å²) < 4.78 is 7.51. The van der Waals surface area contributed by atoms with E-state index in [9.17, 15) is 4.79 Å². The lowest BCUT2D eigenvalue weighted by atomic mass is 10.2. The second-order valence-corrected chi connectivity index (χ2v) is 6.32. The largest absolute Gasteiger partial charge is 0.487 e. The number of benzene rings is 1. The van der Waals surface area contributed by atoms with Crippen LogP contribution in [0.25, 0.3) is 5.65 Å². The van der Waals surface area contributed by atoms with Crippen LogP contribution in [0.1, 0.15) is 0 Å². The van der Waals surface area contributed by atoms with Gasteiger partial charge in [-0.05, 0) is 12.1 Å². The van der Waals surface area contributed by atoms with Crippen molar-refractivity contribution in [2.75, 3.05) is 55.1 Å². The Morgan fingerprint density at radius 1 is 1.25 bits per heavy atom. The van der Waals surface area contributed by atoms with E-state index in [0.717, 1.165) is 29.5 Å². The third-order valence-corrected chi connectivity index (χ3v) is 4.54. The van der Waals surface area contributed by atoms with Crippen molar-refractivity contribution in [3.8, 4) is 5.75 Å². The van der Waals surface area contributed by atoms with E-state index in [4.69, 9.17) is 4.74 Å². The van der Waals surface area contributed by atoms with Crippen molar-refractivity contribution in [2.24, 2.45) is 0 Å². The first-order chi connectivity index (χ1) is 13.6. The van der Waals surface area contributed by atoms with Crippen molar-refractivity contribution in [1.82, 2.24) is 19.9 Å². The average Bonchev–Trinajstić information content (AvgIpc) is 3.10. The SMILES string of the molecule is CNC(=O)Nc1cnn2c(NC)cc(Nc3cccc4c3OCCN4C)nc12. The maximum atomic E-state index is 11.7. The summed E-state index contributed by atoms with van der Waals surface area (Å²) in [5.74, 6) is 2.11. The number of hydrogen-bond acceptors (Lipinski definition) is 7. The number of nitrogens with one attached hydrogen (secondary N) is 4. The molecule has 2 amide bonds. The molecule has 0 fully saturated rings. The number of aromatic nitrogens is 3. The van der Waals surface area contributed by atoms with E-state index < -0.39 is 0 Å². The van der Waals surface area contributed by atoms with Gasteiger partial charge in [0, 0.05) is 27.2 Å². The minimum atomic E-state index is -0.338. The number of para-hydroxylation sites is 1. The van der Waals surface area contributed by atoms with Crippen LogP contribution >= 0.6 is 0 Å². The van der Waals surface area contributed by atoms with Crippen LogP contribution in [0.3, 0.4) is 0 Å². The molecule has 0 saturated carbocycles. The number of rotatable bonds is 4. The van der Waals surface area contributed by atoms with Crippen LogP contribution in [-0.2, 0) is 0 Å². The van der Waals surface area contributed by atoms with Crippen molar-refractivity contribution in [1.29, 1.82) is 0 Å². The molecular weight excluding hydrogens is 360 g/mol. The summed E-state index contributed by atoms with van der Waals surface area (Å²) in [5, 5.41) is 16.0. The van der Waals surface area contributed by atoms with Gasteiger partial charge in [0.2, 0.25) is 0 Å². The molecule has 4 rings (SSSR count). The summed E-state index contributed by atoms with van der Waals surface area (Å²) in [4.78, 5) is 18.5. The molecule has 146 valence electrons. The average molecular weight is 382 g/mol. The molecule has 4 N–H and O–H groups in total. The minimum absolute atomic E-state index is 0.338. The molecule has 1 aromatic carbocycles. The molecule has 0 aliphatic carbocycles. The van der Waals surface area contributed by atoms with Gasteiger partial charge in [-0.25, -0.2) is 9.78 Å². The van der Waals surface area contributed by atoms with E-state index in [1.807, 2.05) is 31.3 Å². The second-order valence-electron chi connectivity index (χ2n) is 6.32. The van der Waals surface area contributed by atoms with Crippen molar-refractivity contribution in [3.63, 3.8) is 0 Å².